The quantitative estimate of drug-likeness (QED) is 0.315. The van der Waals surface area contributed by atoms with Crippen LogP contribution in [0.3, 0.4) is 0 Å². The topological polar surface area (TPSA) is 18.5 Å². The van der Waals surface area contributed by atoms with Gasteiger partial charge in [0.2, 0.25) is 6.79 Å². The zero-order valence-electron chi connectivity index (χ0n) is 12.5. The van der Waals surface area contributed by atoms with Crippen LogP contribution in [0.1, 0.15) is 5.56 Å². The molecule has 3 rings (SSSR count). The molecule has 0 aliphatic rings. The first-order valence-corrected chi connectivity index (χ1v) is 7.86. The van der Waals surface area contributed by atoms with Crippen LogP contribution in [0, 0.1) is 0 Å². The van der Waals surface area contributed by atoms with Gasteiger partial charge in [0.15, 0.2) is 0 Å². The second-order valence-corrected chi connectivity index (χ2v) is 6.03. The summed E-state index contributed by atoms with van der Waals surface area (Å²) in [7, 11) is 0. The van der Waals surface area contributed by atoms with Gasteiger partial charge in [-0.15, -0.1) is 11.3 Å². The van der Waals surface area contributed by atoms with Crippen LogP contribution in [0.2, 0.25) is 0 Å². The highest BCUT2D eigenvalue weighted by molar-refractivity contribution is 7.22. The first kappa shape index (κ1) is 16.4. The summed E-state index contributed by atoms with van der Waals surface area (Å²) >= 11 is 1.33. The molecular weight excluding hydrogens is 337 g/mol. The lowest BCUT2D eigenvalue weighted by Gasteiger charge is -2.14. The van der Waals surface area contributed by atoms with Gasteiger partial charge in [0, 0.05) is 15.1 Å². The van der Waals surface area contributed by atoms with Crippen molar-refractivity contribution in [3.05, 3.63) is 66.9 Å². The Bertz CT molecular complexity index is 835. The van der Waals surface area contributed by atoms with Crippen LogP contribution < -0.4 is 4.74 Å². The maximum atomic E-state index is 13.5. The van der Waals surface area contributed by atoms with E-state index in [1.54, 1.807) is 6.07 Å². The molecule has 0 aliphatic heterocycles. The summed E-state index contributed by atoms with van der Waals surface area (Å²) in [5.74, 6) is 0.0917. The molecule has 0 N–H and O–H groups in total. The van der Waals surface area contributed by atoms with Crippen molar-refractivity contribution in [3.63, 3.8) is 0 Å². The van der Waals surface area contributed by atoms with E-state index in [0.717, 1.165) is 22.4 Å². The molecule has 3 aromatic rings. The highest BCUT2D eigenvalue weighted by Gasteiger charge is 2.34. The monoisotopic (exact) mass is 350 g/mol. The number of hydrogen-bond donors (Lipinski definition) is 0. The molecule has 0 aliphatic carbocycles. The fraction of sp³-hybridized carbons (Fsp3) is 0.111. The molecule has 1 heterocycles. The summed E-state index contributed by atoms with van der Waals surface area (Å²) in [6.07, 6.45) is -3.32. The van der Waals surface area contributed by atoms with Crippen molar-refractivity contribution in [2.24, 2.45) is 0 Å². The van der Waals surface area contributed by atoms with E-state index in [4.69, 9.17) is 9.47 Å². The van der Waals surface area contributed by atoms with Crippen molar-refractivity contribution >= 4 is 21.4 Å². The maximum Gasteiger partial charge on any atom is 0.417 e. The third kappa shape index (κ3) is 3.38. The Balaban J connectivity index is 2.04. The van der Waals surface area contributed by atoms with E-state index < -0.39 is 11.7 Å². The lowest BCUT2D eigenvalue weighted by molar-refractivity contribution is -0.137. The van der Waals surface area contributed by atoms with Gasteiger partial charge in [-0.05, 0) is 35.7 Å². The lowest BCUT2D eigenvalue weighted by atomic mass is 10.0. The minimum Gasteiger partial charge on any atom is -0.466 e. The van der Waals surface area contributed by atoms with Gasteiger partial charge in [-0.25, -0.2) is 0 Å². The second-order valence-electron chi connectivity index (χ2n) is 4.95. The molecule has 2 nitrogen and oxygen atoms in total. The number of fused-ring (bicyclic) bond motifs is 1. The largest absolute Gasteiger partial charge is 0.466 e. The molecule has 0 saturated heterocycles. The molecule has 124 valence electrons. The number of alkyl halides is 3. The summed E-state index contributed by atoms with van der Waals surface area (Å²) in [6.45, 7) is 3.15. The molecule has 2 aromatic carbocycles. The average Bonchev–Trinajstić information content (AvgIpc) is 2.98. The Morgan fingerprint density at radius 3 is 2.58 bits per heavy atom. The van der Waals surface area contributed by atoms with E-state index in [-0.39, 0.29) is 18.1 Å². The molecule has 0 spiro atoms. The SMILES string of the molecule is C=COCOc1ccc(-c2cc3ccccc3s2)c(C(F)(F)F)c1. The summed E-state index contributed by atoms with van der Waals surface area (Å²) in [6, 6.07) is 13.2. The highest BCUT2D eigenvalue weighted by Crippen LogP contribution is 2.42. The number of rotatable bonds is 5. The van der Waals surface area contributed by atoms with Gasteiger partial charge < -0.3 is 9.47 Å². The Kier molecular flexibility index (Phi) is 4.49. The van der Waals surface area contributed by atoms with Gasteiger partial charge in [-0.1, -0.05) is 24.8 Å². The number of halogens is 3. The first-order valence-electron chi connectivity index (χ1n) is 7.04. The fourth-order valence-corrected chi connectivity index (χ4v) is 3.43. The smallest absolute Gasteiger partial charge is 0.417 e. The van der Waals surface area contributed by atoms with E-state index in [1.807, 2.05) is 24.3 Å². The van der Waals surface area contributed by atoms with Crippen LogP contribution >= 0.6 is 11.3 Å². The van der Waals surface area contributed by atoms with E-state index in [9.17, 15) is 13.2 Å². The van der Waals surface area contributed by atoms with Crippen molar-refractivity contribution in [2.45, 2.75) is 6.18 Å². The number of benzene rings is 2. The molecule has 0 fully saturated rings. The Morgan fingerprint density at radius 2 is 1.88 bits per heavy atom. The molecule has 6 heteroatoms. The Morgan fingerprint density at radius 1 is 1.08 bits per heavy atom. The zero-order chi connectivity index (χ0) is 17.2. The van der Waals surface area contributed by atoms with E-state index in [0.29, 0.717) is 4.88 Å². The highest BCUT2D eigenvalue weighted by atomic mass is 32.1. The van der Waals surface area contributed by atoms with Crippen molar-refractivity contribution < 1.29 is 22.6 Å². The average molecular weight is 350 g/mol. The Labute approximate surface area is 140 Å². The van der Waals surface area contributed by atoms with Crippen molar-refractivity contribution in [2.75, 3.05) is 6.79 Å². The minimum absolute atomic E-state index is 0.0917. The van der Waals surface area contributed by atoms with E-state index in [2.05, 4.69) is 6.58 Å². The molecule has 0 radical (unpaired) electrons. The van der Waals surface area contributed by atoms with Crippen molar-refractivity contribution in [3.8, 4) is 16.2 Å². The standard InChI is InChI=1S/C18H13F3O2S/c1-2-22-11-23-13-7-8-14(15(10-13)18(19,20)21)17-9-12-5-3-4-6-16(12)24-17/h2-10H,1,11H2. The molecule has 0 amide bonds. The van der Waals surface area contributed by atoms with Crippen LogP contribution in [0.4, 0.5) is 13.2 Å². The molecular formula is C18H13F3O2S. The van der Waals surface area contributed by atoms with Crippen molar-refractivity contribution in [1.29, 1.82) is 0 Å². The summed E-state index contributed by atoms with van der Waals surface area (Å²) in [5, 5.41) is 0.922. The third-order valence-electron chi connectivity index (χ3n) is 3.40. The zero-order valence-corrected chi connectivity index (χ0v) is 13.3. The van der Waals surface area contributed by atoms with Crippen LogP contribution in [0.15, 0.2) is 61.4 Å². The molecule has 0 saturated carbocycles. The van der Waals surface area contributed by atoms with Gasteiger partial charge in [0.25, 0.3) is 0 Å². The molecule has 0 bridgehead atoms. The first-order chi connectivity index (χ1) is 11.5. The molecule has 0 atom stereocenters. The third-order valence-corrected chi connectivity index (χ3v) is 4.55. The van der Waals surface area contributed by atoms with Gasteiger partial charge in [-0.3, -0.25) is 0 Å². The van der Waals surface area contributed by atoms with Crippen LogP contribution in [0.5, 0.6) is 5.75 Å². The summed E-state index contributed by atoms with van der Waals surface area (Å²) in [4.78, 5) is 0.567. The van der Waals surface area contributed by atoms with Gasteiger partial charge in [-0.2, -0.15) is 13.2 Å². The predicted octanol–water partition coefficient (Wildman–Crippen LogP) is 6.08. The normalized spacial score (nSPS) is 11.5. The molecule has 1 aromatic heterocycles. The second kappa shape index (κ2) is 6.57. The number of hydrogen-bond acceptors (Lipinski definition) is 3. The molecule has 24 heavy (non-hydrogen) atoms. The fourth-order valence-electron chi connectivity index (χ4n) is 2.33. The maximum absolute atomic E-state index is 13.5. The predicted molar refractivity (Wildman–Crippen MR) is 89.0 cm³/mol. The van der Waals surface area contributed by atoms with Crippen LogP contribution in [0.25, 0.3) is 20.5 Å². The number of thiophene rings is 1. The summed E-state index contributed by atoms with van der Waals surface area (Å²) in [5.41, 5.74) is -0.592. The number of ether oxygens (including phenoxy) is 2. The summed E-state index contributed by atoms with van der Waals surface area (Å²) < 4.78 is 51.2. The van der Waals surface area contributed by atoms with E-state index >= 15 is 0 Å². The molecule has 0 unspecified atom stereocenters. The van der Waals surface area contributed by atoms with Gasteiger partial charge in [0.05, 0.1) is 11.8 Å². The lowest BCUT2D eigenvalue weighted by Crippen LogP contribution is -2.08. The van der Waals surface area contributed by atoms with Crippen LogP contribution in [-0.4, -0.2) is 6.79 Å². The minimum atomic E-state index is -4.48. The van der Waals surface area contributed by atoms with E-state index in [1.165, 1.54) is 23.5 Å². The van der Waals surface area contributed by atoms with Gasteiger partial charge >= 0.3 is 6.18 Å². The van der Waals surface area contributed by atoms with Crippen molar-refractivity contribution in [1.82, 2.24) is 0 Å². The van der Waals surface area contributed by atoms with Gasteiger partial charge in [0.1, 0.15) is 5.75 Å². The Hall–Kier alpha value is -2.47. The van der Waals surface area contributed by atoms with Crippen LogP contribution in [-0.2, 0) is 10.9 Å².